The van der Waals surface area contributed by atoms with Gasteiger partial charge in [-0.2, -0.15) is 0 Å². The fourth-order valence-corrected chi connectivity index (χ4v) is 3.49. The van der Waals surface area contributed by atoms with E-state index in [-0.39, 0.29) is 6.04 Å². The molecule has 2 N–H and O–H groups in total. The lowest BCUT2D eigenvalue weighted by Crippen LogP contribution is -2.44. The Balaban J connectivity index is 1.82. The van der Waals surface area contributed by atoms with Crippen molar-refractivity contribution in [2.24, 2.45) is 11.3 Å². The molecule has 4 heteroatoms. The minimum absolute atomic E-state index is 0.111. The summed E-state index contributed by atoms with van der Waals surface area (Å²) in [6, 6.07) is 7.75. The van der Waals surface area contributed by atoms with Crippen molar-refractivity contribution < 1.29 is 9.59 Å². The summed E-state index contributed by atoms with van der Waals surface area (Å²) in [4.78, 5) is 24.3. The number of rotatable bonds is 3. The Kier molecular flexibility index (Phi) is 6.26. The predicted octanol–water partition coefficient (Wildman–Crippen LogP) is 4.47. The van der Waals surface area contributed by atoms with E-state index < -0.39 is 11.8 Å². The molecule has 0 spiro atoms. The van der Waals surface area contributed by atoms with Crippen LogP contribution in [0.2, 0.25) is 0 Å². The highest BCUT2D eigenvalue weighted by Gasteiger charge is 2.30. The third kappa shape index (κ3) is 5.58. The molecule has 1 fully saturated rings. The molecule has 1 aromatic rings. The van der Waals surface area contributed by atoms with Crippen molar-refractivity contribution in [3.63, 3.8) is 0 Å². The monoisotopic (exact) mass is 344 g/mol. The van der Waals surface area contributed by atoms with Crippen LogP contribution in [0.1, 0.15) is 71.8 Å². The Labute approximate surface area is 151 Å². The molecule has 0 saturated heterocycles. The zero-order chi connectivity index (χ0) is 18.6. The van der Waals surface area contributed by atoms with Crippen molar-refractivity contribution in [3.05, 3.63) is 29.8 Å². The lowest BCUT2D eigenvalue weighted by Gasteiger charge is -2.37. The largest absolute Gasteiger partial charge is 0.345 e. The molecule has 2 rings (SSSR count). The number of benzene rings is 1. The number of hydrogen-bond acceptors (Lipinski definition) is 2. The van der Waals surface area contributed by atoms with E-state index in [1.807, 2.05) is 24.3 Å². The van der Waals surface area contributed by atoms with Gasteiger partial charge in [-0.3, -0.25) is 9.59 Å². The van der Waals surface area contributed by atoms with E-state index in [2.05, 4.69) is 45.3 Å². The van der Waals surface area contributed by atoms with Gasteiger partial charge in [0, 0.05) is 11.7 Å². The van der Waals surface area contributed by atoms with Gasteiger partial charge in [0.1, 0.15) is 0 Å². The van der Waals surface area contributed by atoms with Gasteiger partial charge in [-0.1, -0.05) is 46.8 Å². The molecule has 4 nitrogen and oxygen atoms in total. The molecular weight excluding hydrogens is 312 g/mol. The highest BCUT2D eigenvalue weighted by molar-refractivity contribution is 6.39. The molecule has 138 valence electrons. The minimum Gasteiger partial charge on any atom is -0.345 e. The summed E-state index contributed by atoms with van der Waals surface area (Å²) in [6.45, 7) is 11.1. The number of carbonyl (C=O) groups excluding carboxylic acids is 2. The molecule has 0 bridgehead atoms. The second-order valence-electron chi connectivity index (χ2n) is 8.62. The summed E-state index contributed by atoms with van der Waals surface area (Å²) in [6.07, 6.45) is 4.10. The van der Waals surface area contributed by atoms with Crippen LogP contribution in [-0.4, -0.2) is 17.9 Å². The summed E-state index contributed by atoms with van der Waals surface area (Å²) in [7, 11) is 0. The Morgan fingerprint density at radius 1 is 0.960 bits per heavy atom. The molecule has 1 aliphatic carbocycles. The van der Waals surface area contributed by atoms with Crippen molar-refractivity contribution in [1.82, 2.24) is 5.32 Å². The third-order valence-corrected chi connectivity index (χ3v) is 5.33. The summed E-state index contributed by atoms with van der Waals surface area (Å²) < 4.78 is 0. The van der Waals surface area contributed by atoms with Crippen LogP contribution >= 0.6 is 0 Å². The second kappa shape index (κ2) is 8.03. The Morgan fingerprint density at radius 3 is 2.00 bits per heavy atom. The van der Waals surface area contributed by atoms with Crippen LogP contribution in [0.15, 0.2) is 24.3 Å². The van der Waals surface area contributed by atoms with Crippen molar-refractivity contribution >= 4 is 17.5 Å². The van der Waals surface area contributed by atoms with E-state index in [0.717, 1.165) is 25.7 Å². The second-order valence-corrected chi connectivity index (χ2v) is 8.62. The molecule has 1 aromatic carbocycles. The van der Waals surface area contributed by atoms with Gasteiger partial charge in [0.05, 0.1) is 0 Å². The van der Waals surface area contributed by atoms with Gasteiger partial charge in [0.2, 0.25) is 0 Å². The Hall–Kier alpha value is -1.84. The van der Waals surface area contributed by atoms with Crippen molar-refractivity contribution in [3.8, 4) is 0 Å². The SMILES string of the molecule is CC(C)c1ccc(NC(=O)C(=O)NC2CCC(C(C)(C)C)CC2)cc1. The van der Waals surface area contributed by atoms with E-state index in [1.165, 1.54) is 5.56 Å². The third-order valence-electron chi connectivity index (χ3n) is 5.33. The number of carbonyl (C=O) groups is 2. The number of nitrogens with one attached hydrogen (secondary N) is 2. The average molecular weight is 344 g/mol. The van der Waals surface area contributed by atoms with E-state index >= 15 is 0 Å². The molecule has 1 aliphatic rings. The van der Waals surface area contributed by atoms with Crippen molar-refractivity contribution in [2.45, 2.75) is 72.3 Å². The van der Waals surface area contributed by atoms with E-state index in [1.54, 1.807) is 0 Å². The topological polar surface area (TPSA) is 58.2 Å². The molecule has 2 amide bonds. The first-order valence-corrected chi connectivity index (χ1v) is 9.38. The van der Waals surface area contributed by atoms with E-state index in [4.69, 9.17) is 0 Å². The first-order chi connectivity index (χ1) is 11.7. The van der Waals surface area contributed by atoms with Crippen LogP contribution in [0.3, 0.4) is 0 Å². The molecule has 0 unspecified atom stereocenters. The summed E-state index contributed by atoms with van der Waals surface area (Å²) in [5, 5.41) is 5.57. The van der Waals surface area contributed by atoms with Crippen LogP contribution in [0, 0.1) is 11.3 Å². The lowest BCUT2D eigenvalue weighted by atomic mass is 9.71. The normalized spacial score (nSPS) is 21.0. The number of hydrogen-bond donors (Lipinski definition) is 2. The summed E-state index contributed by atoms with van der Waals surface area (Å²) in [5.41, 5.74) is 2.17. The van der Waals surface area contributed by atoms with Gasteiger partial charge < -0.3 is 10.6 Å². The predicted molar refractivity (Wildman–Crippen MR) is 103 cm³/mol. The molecule has 25 heavy (non-hydrogen) atoms. The first-order valence-electron chi connectivity index (χ1n) is 9.38. The maximum Gasteiger partial charge on any atom is 0.313 e. The van der Waals surface area contributed by atoms with Gasteiger partial charge >= 0.3 is 11.8 Å². The molecule has 0 aliphatic heterocycles. The molecule has 0 atom stereocenters. The Morgan fingerprint density at radius 2 is 1.52 bits per heavy atom. The maximum atomic E-state index is 12.1. The highest BCUT2D eigenvalue weighted by Crippen LogP contribution is 2.37. The smallest absolute Gasteiger partial charge is 0.313 e. The van der Waals surface area contributed by atoms with Crippen LogP contribution in [0.5, 0.6) is 0 Å². The zero-order valence-electron chi connectivity index (χ0n) is 16.2. The highest BCUT2D eigenvalue weighted by atomic mass is 16.2. The summed E-state index contributed by atoms with van der Waals surface area (Å²) >= 11 is 0. The quantitative estimate of drug-likeness (QED) is 0.795. The average Bonchev–Trinajstić information content (AvgIpc) is 2.55. The number of anilines is 1. The van der Waals surface area contributed by atoms with Gasteiger partial charge in [0.25, 0.3) is 0 Å². The van der Waals surface area contributed by atoms with Gasteiger partial charge in [0.15, 0.2) is 0 Å². The van der Waals surface area contributed by atoms with E-state index in [9.17, 15) is 9.59 Å². The van der Waals surface area contributed by atoms with Crippen molar-refractivity contribution in [2.75, 3.05) is 5.32 Å². The molecule has 0 aromatic heterocycles. The molecule has 0 heterocycles. The fraction of sp³-hybridized carbons (Fsp3) is 0.619. The van der Waals surface area contributed by atoms with Gasteiger partial charge in [-0.25, -0.2) is 0 Å². The fourth-order valence-electron chi connectivity index (χ4n) is 3.49. The number of amides is 2. The summed E-state index contributed by atoms with van der Waals surface area (Å²) in [5.74, 6) is 0.00705. The standard InChI is InChI=1S/C21H32N2O2/c1-14(2)15-6-10-17(11-7-15)22-19(24)20(25)23-18-12-8-16(9-13-18)21(3,4)5/h6-7,10-11,14,16,18H,8-9,12-13H2,1-5H3,(H,22,24)(H,23,25). The van der Waals surface area contributed by atoms with Crippen LogP contribution in [0.25, 0.3) is 0 Å². The lowest BCUT2D eigenvalue weighted by molar-refractivity contribution is -0.136. The van der Waals surface area contributed by atoms with Gasteiger partial charge in [-0.15, -0.1) is 0 Å². The van der Waals surface area contributed by atoms with Gasteiger partial charge in [-0.05, 0) is 60.6 Å². The van der Waals surface area contributed by atoms with Crippen LogP contribution in [0.4, 0.5) is 5.69 Å². The first kappa shape index (κ1) is 19.5. The van der Waals surface area contributed by atoms with Crippen LogP contribution in [-0.2, 0) is 9.59 Å². The molecule has 1 saturated carbocycles. The minimum atomic E-state index is -0.588. The Bertz CT molecular complexity index is 591. The van der Waals surface area contributed by atoms with E-state index in [0.29, 0.717) is 22.9 Å². The van der Waals surface area contributed by atoms with Crippen molar-refractivity contribution in [1.29, 1.82) is 0 Å². The maximum absolute atomic E-state index is 12.1. The molecular formula is C21H32N2O2. The molecule has 0 radical (unpaired) electrons. The zero-order valence-corrected chi connectivity index (χ0v) is 16.2. The van der Waals surface area contributed by atoms with Crippen LogP contribution < -0.4 is 10.6 Å².